The Morgan fingerprint density at radius 3 is 2.64 bits per heavy atom. The van der Waals surface area contributed by atoms with Gasteiger partial charge in [-0.15, -0.1) is 0 Å². The first kappa shape index (κ1) is 10.1. The van der Waals surface area contributed by atoms with Crippen LogP contribution in [0.1, 0.15) is 19.8 Å². The smallest absolute Gasteiger partial charge is 0.247 e. The van der Waals surface area contributed by atoms with Crippen LogP contribution in [0.4, 0.5) is 0 Å². The second kappa shape index (κ2) is 4.10. The molecule has 0 aliphatic heterocycles. The first-order valence-corrected chi connectivity index (χ1v) is 3.41. The predicted octanol–water partition coefficient (Wildman–Crippen LogP) is -0.273. The molecule has 0 radical (unpaired) electrons. The zero-order valence-corrected chi connectivity index (χ0v) is 6.50. The van der Waals surface area contributed by atoms with Crippen LogP contribution in [0.25, 0.3) is 0 Å². The molecule has 4 heteroatoms. The summed E-state index contributed by atoms with van der Waals surface area (Å²) in [4.78, 5) is 10.6. The first-order valence-electron chi connectivity index (χ1n) is 3.41. The van der Waals surface area contributed by atoms with E-state index >= 15 is 0 Å². The molecule has 0 aliphatic rings. The quantitative estimate of drug-likeness (QED) is 0.390. The molecule has 0 aromatic heterocycles. The lowest BCUT2D eigenvalue weighted by Crippen LogP contribution is -2.47. The molecule has 11 heavy (non-hydrogen) atoms. The number of amides is 1. The number of nitrogens with one attached hydrogen (secondary N) is 1. The third kappa shape index (κ3) is 4.52. The van der Waals surface area contributed by atoms with Gasteiger partial charge in [0, 0.05) is 6.42 Å². The van der Waals surface area contributed by atoms with Crippen molar-refractivity contribution in [3.05, 3.63) is 12.7 Å². The maximum absolute atomic E-state index is 10.6. The number of aliphatic hydroxyl groups is 2. The Morgan fingerprint density at radius 1 is 1.73 bits per heavy atom. The van der Waals surface area contributed by atoms with Crippen LogP contribution in [-0.4, -0.2) is 22.0 Å². The molecule has 0 rings (SSSR count). The third-order valence-electron chi connectivity index (χ3n) is 1.11. The van der Waals surface area contributed by atoms with E-state index in [-0.39, 0.29) is 6.42 Å². The fourth-order valence-electron chi connectivity index (χ4n) is 0.659. The van der Waals surface area contributed by atoms with Crippen molar-refractivity contribution < 1.29 is 15.0 Å². The van der Waals surface area contributed by atoms with Gasteiger partial charge in [0.2, 0.25) is 11.8 Å². The molecule has 0 bridgehead atoms. The summed E-state index contributed by atoms with van der Waals surface area (Å²) in [5.41, 5.74) is 0. The number of hydrogen-bond donors (Lipinski definition) is 3. The van der Waals surface area contributed by atoms with Crippen molar-refractivity contribution in [1.82, 2.24) is 5.32 Å². The average molecular weight is 159 g/mol. The van der Waals surface area contributed by atoms with Gasteiger partial charge in [0.25, 0.3) is 0 Å². The van der Waals surface area contributed by atoms with Gasteiger partial charge in [-0.25, -0.2) is 0 Å². The van der Waals surface area contributed by atoms with Crippen molar-refractivity contribution >= 4 is 5.91 Å². The van der Waals surface area contributed by atoms with Crippen LogP contribution in [0.5, 0.6) is 0 Å². The Balaban J connectivity index is 3.89. The van der Waals surface area contributed by atoms with Gasteiger partial charge >= 0.3 is 0 Å². The minimum absolute atomic E-state index is 0.104. The molecule has 0 saturated carbocycles. The summed E-state index contributed by atoms with van der Waals surface area (Å²) in [6.07, 6.45) is 1.66. The molecular formula is C7H13NO3. The lowest BCUT2D eigenvalue weighted by molar-refractivity contribution is -0.191. The summed E-state index contributed by atoms with van der Waals surface area (Å²) in [6, 6.07) is 0. The van der Waals surface area contributed by atoms with Crippen molar-refractivity contribution in [2.75, 3.05) is 0 Å². The van der Waals surface area contributed by atoms with Crippen LogP contribution in [0.15, 0.2) is 12.7 Å². The van der Waals surface area contributed by atoms with E-state index in [0.717, 1.165) is 6.08 Å². The Kier molecular flexibility index (Phi) is 3.78. The molecule has 0 aliphatic carbocycles. The molecule has 64 valence electrons. The molecule has 3 N–H and O–H groups in total. The molecule has 0 heterocycles. The normalized spacial score (nSPS) is 10.8. The van der Waals surface area contributed by atoms with Gasteiger partial charge in [0.1, 0.15) is 0 Å². The molecule has 0 saturated heterocycles. The molecule has 0 atom stereocenters. The molecule has 0 spiro atoms. The zero-order chi connectivity index (χ0) is 8.91. The molecule has 0 aromatic carbocycles. The largest absolute Gasteiger partial charge is 0.349 e. The lowest BCUT2D eigenvalue weighted by Gasteiger charge is -2.20. The molecule has 0 aromatic rings. The van der Waals surface area contributed by atoms with Gasteiger partial charge in [-0.2, -0.15) is 0 Å². The van der Waals surface area contributed by atoms with Crippen molar-refractivity contribution in [1.29, 1.82) is 0 Å². The van der Waals surface area contributed by atoms with Crippen LogP contribution >= 0.6 is 0 Å². The van der Waals surface area contributed by atoms with Gasteiger partial charge in [-0.3, -0.25) is 4.79 Å². The van der Waals surface area contributed by atoms with E-state index < -0.39 is 11.8 Å². The van der Waals surface area contributed by atoms with Gasteiger partial charge in [-0.1, -0.05) is 13.5 Å². The summed E-state index contributed by atoms with van der Waals surface area (Å²) < 4.78 is 0. The standard InChI is InChI=1S/C7H13NO3/c1-3-5-7(10,11)8-6(9)4-2/h4,10-11H,2-3,5H2,1H3,(H,8,9). The fourth-order valence-corrected chi connectivity index (χ4v) is 0.659. The maximum atomic E-state index is 10.6. The summed E-state index contributed by atoms with van der Waals surface area (Å²) in [7, 11) is 0. The molecule has 1 amide bonds. The van der Waals surface area contributed by atoms with Gasteiger partial charge in [0.15, 0.2) is 0 Å². The summed E-state index contributed by atoms with van der Waals surface area (Å²) in [5, 5.41) is 19.9. The number of carbonyl (C=O) groups excluding carboxylic acids is 1. The molecular weight excluding hydrogens is 146 g/mol. The van der Waals surface area contributed by atoms with E-state index in [1.807, 2.05) is 5.32 Å². The molecule has 0 fully saturated rings. The highest BCUT2D eigenvalue weighted by atomic mass is 16.5. The maximum Gasteiger partial charge on any atom is 0.247 e. The minimum atomic E-state index is -2.10. The van der Waals surface area contributed by atoms with Crippen molar-refractivity contribution in [2.24, 2.45) is 0 Å². The van der Waals surface area contributed by atoms with Crippen LogP contribution in [0.2, 0.25) is 0 Å². The minimum Gasteiger partial charge on any atom is -0.349 e. The fraction of sp³-hybridized carbons (Fsp3) is 0.571. The van der Waals surface area contributed by atoms with Gasteiger partial charge in [-0.05, 0) is 12.5 Å². The second-order valence-corrected chi connectivity index (χ2v) is 2.26. The third-order valence-corrected chi connectivity index (χ3v) is 1.11. The molecule has 4 nitrogen and oxygen atoms in total. The predicted molar refractivity (Wildman–Crippen MR) is 40.4 cm³/mol. The number of carbonyl (C=O) groups is 1. The van der Waals surface area contributed by atoms with Crippen molar-refractivity contribution in [3.63, 3.8) is 0 Å². The van der Waals surface area contributed by atoms with E-state index in [0.29, 0.717) is 6.42 Å². The Labute approximate surface area is 65.5 Å². The van der Waals surface area contributed by atoms with E-state index in [1.54, 1.807) is 6.92 Å². The Bertz CT molecular complexity index is 154. The van der Waals surface area contributed by atoms with E-state index in [2.05, 4.69) is 6.58 Å². The topological polar surface area (TPSA) is 69.6 Å². The first-order chi connectivity index (χ1) is 5.02. The van der Waals surface area contributed by atoms with Crippen LogP contribution < -0.4 is 5.32 Å². The van der Waals surface area contributed by atoms with Crippen LogP contribution in [0, 0.1) is 0 Å². The Hall–Kier alpha value is -0.870. The van der Waals surface area contributed by atoms with Crippen molar-refractivity contribution in [2.45, 2.75) is 25.7 Å². The van der Waals surface area contributed by atoms with Gasteiger partial charge < -0.3 is 15.5 Å². The molecule has 0 unspecified atom stereocenters. The van der Waals surface area contributed by atoms with Crippen LogP contribution in [-0.2, 0) is 4.79 Å². The Morgan fingerprint density at radius 2 is 2.27 bits per heavy atom. The highest BCUT2D eigenvalue weighted by molar-refractivity contribution is 5.87. The average Bonchev–Trinajstić information content (AvgIpc) is 1.86. The van der Waals surface area contributed by atoms with Crippen molar-refractivity contribution in [3.8, 4) is 0 Å². The highest BCUT2D eigenvalue weighted by Crippen LogP contribution is 2.03. The number of rotatable bonds is 4. The van der Waals surface area contributed by atoms with E-state index in [9.17, 15) is 4.79 Å². The summed E-state index contributed by atoms with van der Waals surface area (Å²) >= 11 is 0. The summed E-state index contributed by atoms with van der Waals surface area (Å²) in [5.74, 6) is -2.69. The van der Waals surface area contributed by atoms with Gasteiger partial charge in [0.05, 0.1) is 0 Å². The zero-order valence-electron chi connectivity index (χ0n) is 6.50. The summed E-state index contributed by atoms with van der Waals surface area (Å²) in [6.45, 7) is 4.95. The highest BCUT2D eigenvalue weighted by Gasteiger charge is 2.22. The monoisotopic (exact) mass is 159 g/mol. The number of hydrogen-bond acceptors (Lipinski definition) is 3. The van der Waals surface area contributed by atoms with E-state index in [1.165, 1.54) is 0 Å². The lowest BCUT2D eigenvalue weighted by atomic mass is 10.2. The second-order valence-electron chi connectivity index (χ2n) is 2.26. The SMILES string of the molecule is C=CC(=O)NC(O)(O)CCC. The van der Waals surface area contributed by atoms with E-state index in [4.69, 9.17) is 10.2 Å². The van der Waals surface area contributed by atoms with Crippen LogP contribution in [0.3, 0.4) is 0 Å².